The standard InChI is InChI=1S/C18H17NO5/c1-24-18(23)13-7-9-14(10-8-13)19-17(22)15(11-16(20)21)12-5-3-2-4-6-12/h2-10,15H,11H2,1H3,(H,19,22)(H,20,21). The molecule has 1 amide bonds. The Labute approximate surface area is 139 Å². The van der Waals surface area contributed by atoms with Crippen molar-refractivity contribution in [2.45, 2.75) is 12.3 Å². The van der Waals surface area contributed by atoms with E-state index in [2.05, 4.69) is 10.1 Å². The first-order valence-corrected chi connectivity index (χ1v) is 7.27. The van der Waals surface area contributed by atoms with Crippen molar-refractivity contribution in [1.29, 1.82) is 0 Å². The van der Waals surface area contributed by atoms with E-state index in [4.69, 9.17) is 5.11 Å². The molecule has 0 spiro atoms. The molecule has 0 heterocycles. The van der Waals surface area contributed by atoms with Crippen LogP contribution >= 0.6 is 0 Å². The smallest absolute Gasteiger partial charge is 0.337 e. The van der Waals surface area contributed by atoms with Crippen LogP contribution in [0.25, 0.3) is 0 Å². The molecule has 0 radical (unpaired) electrons. The Morgan fingerprint density at radius 2 is 1.67 bits per heavy atom. The van der Waals surface area contributed by atoms with Gasteiger partial charge in [-0.1, -0.05) is 30.3 Å². The molecule has 6 heteroatoms. The molecule has 0 fully saturated rings. The molecule has 0 saturated heterocycles. The Kier molecular flexibility index (Phi) is 5.68. The summed E-state index contributed by atoms with van der Waals surface area (Å²) in [6.45, 7) is 0. The third-order valence-electron chi connectivity index (χ3n) is 3.47. The average molecular weight is 327 g/mol. The van der Waals surface area contributed by atoms with Gasteiger partial charge in [0.25, 0.3) is 0 Å². The minimum atomic E-state index is -1.06. The summed E-state index contributed by atoms with van der Waals surface area (Å²) in [5.74, 6) is -2.75. The van der Waals surface area contributed by atoms with Gasteiger partial charge < -0.3 is 15.2 Å². The number of amides is 1. The van der Waals surface area contributed by atoms with E-state index < -0.39 is 23.8 Å². The van der Waals surface area contributed by atoms with Crippen LogP contribution in [0.5, 0.6) is 0 Å². The Balaban J connectivity index is 2.15. The van der Waals surface area contributed by atoms with Crippen molar-refractivity contribution >= 4 is 23.5 Å². The number of benzene rings is 2. The van der Waals surface area contributed by atoms with Crippen molar-refractivity contribution in [3.05, 3.63) is 65.7 Å². The monoisotopic (exact) mass is 327 g/mol. The van der Waals surface area contributed by atoms with Crippen LogP contribution in [-0.4, -0.2) is 30.1 Å². The number of carbonyl (C=O) groups is 3. The molecule has 0 aromatic heterocycles. The number of anilines is 1. The molecule has 24 heavy (non-hydrogen) atoms. The third kappa shape index (κ3) is 4.42. The Bertz CT molecular complexity index is 725. The highest BCUT2D eigenvalue weighted by molar-refractivity contribution is 5.98. The third-order valence-corrected chi connectivity index (χ3v) is 3.47. The molecule has 2 N–H and O–H groups in total. The average Bonchev–Trinajstić information content (AvgIpc) is 2.60. The highest BCUT2D eigenvalue weighted by atomic mass is 16.5. The van der Waals surface area contributed by atoms with Gasteiger partial charge in [-0.25, -0.2) is 4.79 Å². The number of rotatable bonds is 6. The molecule has 0 aliphatic heterocycles. The van der Waals surface area contributed by atoms with Crippen molar-refractivity contribution in [1.82, 2.24) is 0 Å². The van der Waals surface area contributed by atoms with Gasteiger partial charge in [-0.05, 0) is 29.8 Å². The SMILES string of the molecule is COC(=O)c1ccc(NC(=O)C(CC(=O)O)c2ccccc2)cc1. The lowest BCUT2D eigenvalue weighted by atomic mass is 9.94. The first-order valence-electron chi connectivity index (χ1n) is 7.27. The largest absolute Gasteiger partial charge is 0.481 e. The Hall–Kier alpha value is -3.15. The zero-order chi connectivity index (χ0) is 17.5. The number of esters is 1. The first-order chi connectivity index (χ1) is 11.5. The molecule has 6 nitrogen and oxygen atoms in total. The minimum Gasteiger partial charge on any atom is -0.481 e. The number of ether oxygens (including phenoxy) is 1. The lowest BCUT2D eigenvalue weighted by Gasteiger charge is -2.15. The maximum absolute atomic E-state index is 12.5. The molecule has 1 unspecified atom stereocenters. The number of aliphatic carboxylic acids is 1. The molecule has 124 valence electrons. The quantitative estimate of drug-likeness (QED) is 0.796. The molecule has 2 rings (SSSR count). The number of nitrogens with one attached hydrogen (secondary N) is 1. The fourth-order valence-corrected chi connectivity index (χ4v) is 2.26. The fourth-order valence-electron chi connectivity index (χ4n) is 2.26. The van der Waals surface area contributed by atoms with Crippen LogP contribution in [0.15, 0.2) is 54.6 Å². The second kappa shape index (κ2) is 7.92. The fraction of sp³-hybridized carbons (Fsp3) is 0.167. The van der Waals surface area contributed by atoms with E-state index in [1.807, 2.05) is 0 Å². The summed E-state index contributed by atoms with van der Waals surface area (Å²) in [6, 6.07) is 14.9. The molecule has 2 aromatic rings. The van der Waals surface area contributed by atoms with Crippen LogP contribution in [0.4, 0.5) is 5.69 Å². The molecule has 0 aliphatic rings. The maximum atomic E-state index is 12.5. The number of methoxy groups -OCH3 is 1. The van der Waals surface area contributed by atoms with Gasteiger partial charge in [-0.3, -0.25) is 9.59 Å². The molecule has 0 aliphatic carbocycles. The molecular weight excluding hydrogens is 310 g/mol. The molecule has 1 atom stereocenters. The van der Waals surface area contributed by atoms with Gasteiger partial charge in [0.2, 0.25) is 5.91 Å². The van der Waals surface area contributed by atoms with E-state index in [9.17, 15) is 14.4 Å². The summed E-state index contributed by atoms with van der Waals surface area (Å²) in [4.78, 5) is 34.9. The van der Waals surface area contributed by atoms with Crippen LogP contribution in [0, 0.1) is 0 Å². The van der Waals surface area contributed by atoms with Crippen LogP contribution < -0.4 is 5.32 Å². The van der Waals surface area contributed by atoms with E-state index in [0.29, 0.717) is 16.8 Å². The summed E-state index contributed by atoms with van der Waals surface area (Å²) in [5, 5.41) is 11.7. The zero-order valence-corrected chi connectivity index (χ0v) is 13.1. The van der Waals surface area contributed by atoms with Crippen LogP contribution in [0.3, 0.4) is 0 Å². The summed E-state index contributed by atoms with van der Waals surface area (Å²) in [7, 11) is 1.29. The lowest BCUT2D eigenvalue weighted by Crippen LogP contribution is -2.23. The number of hydrogen-bond donors (Lipinski definition) is 2. The van der Waals surface area contributed by atoms with E-state index in [1.165, 1.54) is 19.2 Å². The van der Waals surface area contributed by atoms with E-state index in [-0.39, 0.29) is 6.42 Å². The molecule has 0 bridgehead atoms. The van der Waals surface area contributed by atoms with Gasteiger partial charge in [-0.15, -0.1) is 0 Å². The lowest BCUT2D eigenvalue weighted by molar-refractivity contribution is -0.139. The van der Waals surface area contributed by atoms with Crippen LogP contribution in [0.1, 0.15) is 28.3 Å². The van der Waals surface area contributed by atoms with Gasteiger partial charge in [0.15, 0.2) is 0 Å². The summed E-state index contributed by atoms with van der Waals surface area (Å²) >= 11 is 0. The van der Waals surface area contributed by atoms with Crippen molar-refractivity contribution in [3.63, 3.8) is 0 Å². The molecular formula is C18H17NO5. The van der Waals surface area contributed by atoms with Gasteiger partial charge in [0.05, 0.1) is 25.0 Å². The van der Waals surface area contributed by atoms with Crippen LogP contribution in [0.2, 0.25) is 0 Å². The van der Waals surface area contributed by atoms with E-state index >= 15 is 0 Å². The molecule has 0 saturated carbocycles. The molecule has 2 aromatic carbocycles. The maximum Gasteiger partial charge on any atom is 0.337 e. The normalized spacial score (nSPS) is 11.4. The highest BCUT2D eigenvalue weighted by Crippen LogP contribution is 2.22. The Morgan fingerprint density at radius 3 is 2.21 bits per heavy atom. The minimum absolute atomic E-state index is 0.309. The van der Waals surface area contributed by atoms with Crippen molar-refractivity contribution in [2.75, 3.05) is 12.4 Å². The summed E-state index contributed by atoms with van der Waals surface area (Å²) in [5.41, 5.74) is 1.46. The number of carbonyl (C=O) groups excluding carboxylic acids is 2. The predicted octanol–water partition coefficient (Wildman–Crippen LogP) is 2.67. The van der Waals surface area contributed by atoms with Crippen LogP contribution in [-0.2, 0) is 14.3 Å². The first kappa shape index (κ1) is 17.2. The van der Waals surface area contributed by atoms with Gasteiger partial charge in [-0.2, -0.15) is 0 Å². The summed E-state index contributed by atoms with van der Waals surface area (Å²) < 4.78 is 4.61. The van der Waals surface area contributed by atoms with Crippen molar-refractivity contribution < 1.29 is 24.2 Å². The topological polar surface area (TPSA) is 92.7 Å². The predicted molar refractivity (Wildman–Crippen MR) is 87.8 cm³/mol. The number of carboxylic acids is 1. The second-order valence-electron chi connectivity index (χ2n) is 5.12. The Morgan fingerprint density at radius 1 is 1.04 bits per heavy atom. The van der Waals surface area contributed by atoms with Gasteiger partial charge in [0.1, 0.15) is 0 Å². The summed E-state index contributed by atoms with van der Waals surface area (Å²) in [6.07, 6.45) is -0.309. The highest BCUT2D eigenvalue weighted by Gasteiger charge is 2.23. The van der Waals surface area contributed by atoms with Gasteiger partial charge >= 0.3 is 11.9 Å². The zero-order valence-electron chi connectivity index (χ0n) is 13.1. The van der Waals surface area contributed by atoms with Crippen molar-refractivity contribution in [3.8, 4) is 0 Å². The van der Waals surface area contributed by atoms with Gasteiger partial charge in [0, 0.05) is 5.69 Å². The number of hydrogen-bond acceptors (Lipinski definition) is 4. The van der Waals surface area contributed by atoms with Crippen molar-refractivity contribution in [2.24, 2.45) is 0 Å². The van der Waals surface area contributed by atoms with E-state index in [1.54, 1.807) is 42.5 Å². The number of carboxylic acid groups (broad SMARTS) is 1. The van der Waals surface area contributed by atoms with E-state index in [0.717, 1.165) is 0 Å². The second-order valence-corrected chi connectivity index (χ2v) is 5.12.